The highest BCUT2D eigenvalue weighted by atomic mass is 19.1. The number of halogens is 1. The summed E-state index contributed by atoms with van der Waals surface area (Å²) >= 11 is 0. The van der Waals surface area contributed by atoms with Crippen molar-refractivity contribution in [2.45, 2.75) is 33.1 Å². The number of unbranched alkanes of at least 4 members (excludes halogenated alkanes) is 1. The Morgan fingerprint density at radius 1 is 1.13 bits per heavy atom. The predicted molar refractivity (Wildman–Crippen MR) is 158 cm³/mol. The van der Waals surface area contributed by atoms with Crippen LogP contribution in [0.25, 0.3) is 51.9 Å². The van der Waals surface area contributed by atoms with Gasteiger partial charge in [-0.25, -0.2) is 9.37 Å². The molecule has 0 radical (unpaired) electrons. The molecule has 6 nitrogen and oxygen atoms in total. The second kappa shape index (κ2) is 11.3. The number of allylic oxidation sites excluding steroid dienone is 3. The first-order valence-electron chi connectivity index (χ1n) is 13.0. The van der Waals surface area contributed by atoms with Crippen LogP contribution < -0.4 is 15.9 Å². The first kappa shape index (κ1) is 25.9. The number of imidazole rings is 1. The number of para-hydroxylation sites is 1. The van der Waals surface area contributed by atoms with Crippen molar-refractivity contribution in [3.05, 3.63) is 101 Å². The highest BCUT2D eigenvalue weighted by Gasteiger charge is 2.13. The number of aromatic amines is 2. The van der Waals surface area contributed by atoms with Gasteiger partial charge in [-0.1, -0.05) is 56.8 Å². The summed E-state index contributed by atoms with van der Waals surface area (Å²) in [6.45, 7) is 12.6. The lowest BCUT2D eigenvalue weighted by Crippen LogP contribution is -2.21. The molecule has 2 aromatic carbocycles. The second-order valence-electron chi connectivity index (χ2n) is 9.57. The van der Waals surface area contributed by atoms with Crippen molar-refractivity contribution in [1.82, 2.24) is 25.1 Å². The van der Waals surface area contributed by atoms with Crippen LogP contribution in [0.4, 0.5) is 10.1 Å². The average Bonchev–Trinajstić information content (AvgIpc) is 3.53. The fraction of sp³-hybridized carbons (Fsp3) is 0.156. The lowest BCUT2D eigenvalue weighted by Gasteiger charge is -2.10. The van der Waals surface area contributed by atoms with E-state index in [0.29, 0.717) is 11.5 Å². The number of hydrogen-bond acceptors (Lipinski definition) is 4. The zero-order valence-corrected chi connectivity index (χ0v) is 22.2. The Balaban J connectivity index is 1.42. The summed E-state index contributed by atoms with van der Waals surface area (Å²) in [5.74, 6) is 0.314. The lowest BCUT2D eigenvalue weighted by molar-refractivity contribution is 0.628. The minimum absolute atomic E-state index is 0.285. The maximum Gasteiger partial charge on any atom is 0.159 e. The van der Waals surface area contributed by atoms with E-state index in [1.165, 1.54) is 12.1 Å². The minimum atomic E-state index is -0.285. The van der Waals surface area contributed by atoms with Crippen LogP contribution in [-0.4, -0.2) is 25.1 Å². The normalized spacial score (nSPS) is 12.3. The highest BCUT2D eigenvalue weighted by Crippen LogP contribution is 2.29. The first-order chi connectivity index (χ1) is 18.9. The van der Waals surface area contributed by atoms with Crippen molar-refractivity contribution in [3.63, 3.8) is 0 Å². The number of H-pyrrole nitrogens is 2. The molecule has 0 spiro atoms. The van der Waals surface area contributed by atoms with Gasteiger partial charge < -0.3 is 10.3 Å². The van der Waals surface area contributed by atoms with E-state index in [1.54, 1.807) is 12.3 Å². The van der Waals surface area contributed by atoms with Gasteiger partial charge in [0.05, 0.1) is 28.3 Å². The maximum absolute atomic E-state index is 13.9. The summed E-state index contributed by atoms with van der Waals surface area (Å²) in [5, 5.41) is 12.4. The van der Waals surface area contributed by atoms with Crippen molar-refractivity contribution < 1.29 is 4.39 Å². The smallest absolute Gasteiger partial charge is 0.159 e. The predicted octanol–water partition coefficient (Wildman–Crippen LogP) is 6.56. The molecule has 3 N–H and O–H groups in total. The molecule has 0 fully saturated rings. The fourth-order valence-electron chi connectivity index (χ4n) is 4.43. The molecular weight excluding hydrogens is 487 g/mol. The number of aromatic nitrogens is 5. The molecule has 0 amide bonds. The topological polar surface area (TPSA) is 82.3 Å². The van der Waals surface area contributed by atoms with Crippen LogP contribution in [0.5, 0.6) is 0 Å². The summed E-state index contributed by atoms with van der Waals surface area (Å²) in [7, 11) is 0. The van der Waals surface area contributed by atoms with Gasteiger partial charge in [-0.3, -0.25) is 10.1 Å². The summed E-state index contributed by atoms with van der Waals surface area (Å²) in [4.78, 5) is 12.5. The minimum Gasteiger partial charge on any atom is -0.358 e. The quantitative estimate of drug-likeness (QED) is 0.206. The SMILES string of the molecule is C=C(CCCC)Nc1cncc(/C(C)=C/C=c2/[nH]nc(-c3nc4c(-c5cccc(F)c5)cccc4[nH]3)c2=C)c1. The van der Waals surface area contributed by atoms with Crippen LogP contribution in [0.1, 0.15) is 38.7 Å². The van der Waals surface area contributed by atoms with E-state index in [0.717, 1.165) is 74.5 Å². The van der Waals surface area contributed by atoms with Crippen molar-refractivity contribution >= 4 is 34.9 Å². The number of nitrogens with zero attached hydrogens (tertiary/aromatic N) is 3. The van der Waals surface area contributed by atoms with Crippen molar-refractivity contribution in [3.8, 4) is 22.6 Å². The van der Waals surface area contributed by atoms with Crippen molar-refractivity contribution in [1.29, 1.82) is 0 Å². The van der Waals surface area contributed by atoms with Gasteiger partial charge in [0.15, 0.2) is 5.82 Å². The zero-order chi connectivity index (χ0) is 27.4. The molecule has 3 aromatic heterocycles. The van der Waals surface area contributed by atoms with E-state index in [9.17, 15) is 4.39 Å². The monoisotopic (exact) mass is 518 g/mol. The van der Waals surface area contributed by atoms with Crippen LogP contribution in [0, 0.1) is 5.82 Å². The summed E-state index contributed by atoms with van der Waals surface area (Å²) in [5.41, 5.74) is 7.80. The zero-order valence-electron chi connectivity index (χ0n) is 22.2. The van der Waals surface area contributed by atoms with Crippen LogP contribution in [0.3, 0.4) is 0 Å². The Bertz CT molecular complexity index is 1790. The van der Waals surface area contributed by atoms with E-state index >= 15 is 0 Å². The van der Waals surface area contributed by atoms with E-state index in [2.05, 4.69) is 51.6 Å². The maximum atomic E-state index is 13.9. The Labute approximate surface area is 226 Å². The third kappa shape index (κ3) is 5.72. The number of hydrogen-bond donors (Lipinski definition) is 3. The van der Waals surface area contributed by atoms with Gasteiger partial charge in [0.25, 0.3) is 0 Å². The van der Waals surface area contributed by atoms with Gasteiger partial charge in [-0.2, -0.15) is 5.10 Å². The Morgan fingerprint density at radius 3 is 2.79 bits per heavy atom. The van der Waals surface area contributed by atoms with Gasteiger partial charge in [0.1, 0.15) is 11.5 Å². The van der Waals surface area contributed by atoms with Crippen LogP contribution >= 0.6 is 0 Å². The summed E-state index contributed by atoms with van der Waals surface area (Å²) in [6.07, 6.45) is 10.8. The van der Waals surface area contributed by atoms with Crippen LogP contribution in [-0.2, 0) is 0 Å². The molecule has 3 heterocycles. The van der Waals surface area contributed by atoms with Crippen LogP contribution in [0.2, 0.25) is 0 Å². The molecule has 0 atom stereocenters. The first-order valence-corrected chi connectivity index (χ1v) is 13.0. The number of fused-ring (bicyclic) bond motifs is 1. The summed E-state index contributed by atoms with van der Waals surface area (Å²) < 4.78 is 13.9. The number of nitrogens with one attached hydrogen (secondary N) is 3. The number of pyridine rings is 1. The van der Waals surface area contributed by atoms with Gasteiger partial charge in [-0.15, -0.1) is 0 Å². The molecule has 0 aliphatic rings. The molecule has 196 valence electrons. The number of benzene rings is 2. The number of rotatable bonds is 9. The second-order valence-corrected chi connectivity index (χ2v) is 9.57. The molecule has 0 unspecified atom stereocenters. The van der Waals surface area contributed by atoms with E-state index in [1.807, 2.05) is 49.5 Å². The molecule has 0 saturated heterocycles. The number of anilines is 1. The van der Waals surface area contributed by atoms with E-state index in [-0.39, 0.29) is 5.82 Å². The van der Waals surface area contributed by atoms with Gasteiger partial charge in [0, 0.05) is 22.7 Å². The van der Waals surface area contributed by atoms with Crippen molar-refractivity contribution in [2.24, 2.45) is 0 Å². The largest absolute Gasteiger partial charge is 0.358 e. The van der Waals surface area contributed by atoms with Gasteiger partial charge in [-0.05, 0) is 66.8 Å². The van der Waals surface area contributed by atoms with Crippen molar-refractivity contribution in [2.75, 3.05) is 5.32 Å². The molecular formula is C32H31FN6. The van der Waals surface area contributed by atoms with Gasteiger partial charge in [0.2, 0.25) is 0 Å². The third-order valence-electron chi connectivity index (χ3n) is 6.62. The molecule has 39 heavy (non-hydrogen) atoms. The molecule has 5 rings (SSSR count). The Kier molecular flexibility index (Phi) is 7.50. The standard InChI is InChI=1S/C32H31FN6/c1-5-6-9-21(3)35-26-17-24(18-34-19-26)20(2)14-15-28-22(4)30(39-38-28)32-36-29-13-8-12-27(31(29)37-32)23-10-7-11-25(33)16-23/h7-8,10-19,35,38H,3-6,9H2,1-2H3,(H,36,37)/b20-14+,28-15+. The van der Waals surface area contributed by atoms with Gasteiger partial charge >= 0.3 is 0 Å². The highest BCUT2D eigenvalue weighted by molar-refractivity contribution is 5.93. The molecule has 0 aliphatic heterocycles. The fourth-order valence-corrected chi connectivity index (χ4v) is 4.43. The van der Waals surface area contributed by atoms with E-state index in [4.69, 9.17) is 4.98 Å². The third-order valence-corrected chi connectivity index (χ3v) is 6.62. The summed E-state index contributed by atoms with van der Waals surface area (Å²) in [6, 6.07) is 14.4. The Hall–Kier alpha value is -4.78. The lowest BCUT2D eigenvalue weighted by atomic mass is 10.0. The average molecular weight is 519 g/mol. The van der Waals surface area contributed by atoms with Crippen LogP contribution in [0.15, 0.2) is 79.3 Å². The molecule has 5 aromatic rings. The molecule has 0 saturated carbocycles. The Morgan fingerprint density at radius 2 is 1.97 bits per heavy atom. The molecule has 0 aliphatic carbocycles. The molecule has 7 heteroatoms. The van der Waals surface area contributed by atoms with E-state index < -0.39 is 0 Å². The molecule has 0 bridgehead atoms.